The van der Waals surface area contributed by atoms with Gasteiger partial charge in [-0.2, -0.15) is 0 Å². The first-order valence-electron chi connectivity index (χ1n) is 7.92. The Balaban J connectivity index is 1.69. The minimum absolute atomic E-state index is 0.255. The highest BCUT2D eigenvalue weighted by Gasteiger charge is 2.15. The van der Waals surface area contributed by atoms with Crippen molar-refractivity contribution in [2.75, 3.05) is 20.3 Å². The van der Waals surface area contributed by atoms with Crippen molar-refractivity contribution in [3.8, 4) is 17.4 Å². The molecule has 0 saturated heterocycles. The van der Waals surface area contributed by atoms with Gasteiger partial charge in [0.25, 0.3) is 0 Å². The van der Waals surface area contributed by atoms with Crippen molar-refractivity contribution >= 4 is 0 Å². The minimum atomic E-state index is 0.255. The molecule has 0 radical (unpaired) electrons. The summed E-state index contributed by atoms with van der Waals surface area (Å²) in [6.07, 6.45) is 2.75. The average molecular weight is 314 g/mol. The van der Waals surface area contributed by atoms with Crippen molar-refractivity contribution in [1.82, 2.24) is 10.3 Å². The Morgan fingerprint density at radius 3 is 2.78 bits per heavy atom. The molecule has 23 heavy (non-hydrogen) atoms. The zero-order chi connectivity index (χ0) is 16.1. The van der Waals surface area contributed by atoms with Crippen LogP contribution in [0.1, 0.15) is 30.5 Å². The van der Waals surface area contributed by atoms with E-state index in [1.165, 1.54) is 5.56 Å². The number of hydrogen-bond donors (Lipinski definition) is 1. The summed E-state index contributed by atoms with van der Waals surface area (Å²) in [6.45, 7) is 4.15. The van der Waals surface area contributed by atoms with E-state index in [4.69, 9.17) is 14.2 Å². The molecule has 5 nitrogen and oxygen atoms in total. The van der Waals surface area contributed by atoms with Crippen LogP contribution in [0, 0.1) is 0 Å². The highest BCUT2D eigenvalue weighted by molar-refractivity contribution is 5.44. The molecule has 122 valence electrons. The molecule has 3 rings (SSSR count). The molecule has 0 spiro atoms. The predicted molar refractivity (Wildman–Crippen MR) is 88.1 cm³/mol. The van der Waals surface area contributed by atoms with Gasteiger partial charge in [-0.1, -0.05) is 13.0 Å². The summed E-state index contributed by atoms with van der Waals surface area (Å²) in [5.74, 6) is 2.30. The van der Waals surface area contributed by atoms with Gasteiger partial charge < -0.3 is 19.5 Å². The number of methoxy groups -OCH3 is 1. The first kappa shape index (κ1) is 15.6. The summed E-state index contributed by atoms with van der Waals surface area (Å²) < 4.78 is 16.4. The van der Waals surface area contributed by atoms with Gasteiger partial charge in [0.2, 0.25) is 5.88 Å². The van der Waals surface area contributed by atoms with E-state index < -0.39 is 0 Å². The molecule has 1 N–H and O–H groups in total. The normalized spacial score (nSPS) is 14.3. The van der Waals surface area contributed by atoms with Crippen LogP contribution in [0.3, 0.4) is 0 Å². The SMILES string of the molecule is CC[C@H](NCc1ccnc(OC)c1)c1ccc2c(c1)OCCO2. The van der Waals surface area contributed by atoms with Gasteiger partial charge in [0.1, 0.15) is 13.2 Å². The van der Waals surface area contributed by atoms with E-state index in [9.17, 15) is 0 Å². The van der Waals surface area contributed by atoms with Crippen molar-refractivity contribution < 1.29 is 14.2 Å². The van der Waals surface area contributed by atoms with E-state index in [-0.39, 0.29) is 6.04 Å². The molecule has 1 aromatic heterocycles. The van der Waals surface area contributed by atoms with Crippen molar-refractivity contribution in [1.29, 1.82) is 0 Å². The smallest absolute Gasteiger partial charge is 0.213 e. The molecular weight excluding hydrogens is 292 g/mol. The minimum Gasteiger partial charge on any atom is -0.486 e. The van der Waals surface area contributed by atoms with E-state index in [1.807, 2.05) is 18.2 Å². The van der Waals surface area contributed by atoms with E-state index in [0.29, 0.717) is 19.1 Å². The summed E-state index contributed by atoms with van der Waals surface area (Å²) in [5.41, 5.74) is 2.35. The highest BCUT2D eigenvalue weighted by atomic mass is 16.6. The molecule has 1 aromatic carbocycles. The third kappa shape index (κ3) is 3.74. The average Bonchev–Trinajstić information content (AvgIpc) is 2.62. The van der Waals surface area contributed by atoms with Gasteiger partial charge >= 0.3 is 0 Å². The van der Waals surface area contributed by atoms with Gasteiger partial charge in [0.05, 0.1) is 7.11 Å². The lowest BCUT2D eigenvalue weighted by molar-refractivity contribution is 0.171. The lowest BCUT2D eigenvalue weighted by Gasteiger charge is -2.22. The van der Waals surface area contributed by atoms with Gasteiger partial charge in [0.15, 0.2) is 11.5 Å². The fraction of sp³-hybridized carbons (Fsp3) is 0.389. The second-order valence-corrected chi connectivity index (χ2v) is 5.45. The van der Waals surface area contributed by atoms with Crippen molar-refractivity contribution in [2.45, 2.75) is 25.9 Å². The molecule has 1 aliphatic heterocycles. The lowest BCUT2D eigenvalue weighted by atomic mass is 10.0. The molecule has 0 fully saturated rings. The second kappa shape index (κ2) is 7.33. The zero-order valence-corrected chi connectivity index (χ0v) is 13.5. The maximum Gasteiger partial charge on any atom is 0.213 e. The van der Waals surface area contributed by atoms with Gasteiger partial charge in [-0.05, 0) is 35.7 Å². The highest BCUT2D eigenvalue weighted by Crippen LogP contribution is 2.33. The van der Waals surface area contributed by atoms with Crippen LogP contribution in [0.25, 0.3) is 0 Å². The quantitative estimate of drug-likeness (QED) is 0.888. The molecule has 2 heterocycles. The van der Waals surface area contributed by atoms with Gasteiger partial charge in [-0.3, -0.25) is 0 Å². The van der Waals surface area contributed by atoms with Crippen molar-refractivity contribution in [2.24, 2.45) is 0 Å². The fourth-order valence-corrected chi connectivity index (χ4v) is 2.69. The monoisotopic (exact) mass is 314 g/mol. The Kier molecular flexibility index (Phi) is 4.98. The molecule has 0 aliphatic carbocycles. The number of rotatable bonds is 6. The molecule has 1 atom stereocenters. The van der Waals surface area contributed by atoms with Crippen LogP contribution in [0.5, 0.6) is 17.4 Å². The summed E-state index contributed by atoms with van der Waals surface area (Å²) >= 11 is 0. The first-order valence-corrected chi connectivity index (χ1v) is 7.92. The third-order valence-electron chi connectivity index (χ3n) is 3.94. The summed E-state index contributed by atoms with van der Waals surface area (Å²) in [5, 5.41) is 3.58. The third-order valence-corrected chi connectivity index (χ3v) is 3.94. The van der Waals surface area contributed by atoms with E-state index in [0.717, 1.165) is 30.0 Å². The van der Waals surface area contributed by atoms with Gasteiger partial charge in [0, 0.05) is 24.8 Å². The first-order chi connectivity index (χ1) is 11.3. The van der Waals surface area contributed by atoms with Crippen LogP contribution in [0.2, 0.25) is 0 Å². The van der Waals surface area contributed by atoms with Gasteiger partial charge in [-0.15, -0.1) is 0 Å². The number of aromatic nitrogens is 1. The number of ether oxygens (including phenoxy) is 3. The Morgan fingerprint density at radius 1 is 1.17 bits per heavy atom. The molecule has 0 amide bonds. The second-order valence-electron chi connectivity index (χ2n) is 5.45. The largest absolute Gasteiger partial charge is 0.486 e. The summed E-state index contributed by atoms with van der Waals surface area (Å²) in [6, 6.07) is 10.4. The topological polar surface area (TPSA) is 52.6 Å². The molecule has 0 saturated carbocycles. The van der Waals surface area contributed by atoms with Gasteiger partial charge in [-0.25, -0.2) is 4.98 Å². The van der Waals surface area contributed by atoms with Crippen LogP contribution >= 0.6 is 0 Å². The maximum absolute atomic E-state index is 5.67. The standard InChI is InChI=1S/C18H22N2O3/c1-3-15(20-12-13-6-7-19-18(10-13)21-2)14-4-5-16-17(11-14)23-9-8-22-16/h4-7,10-11,15,20H,3,8-9,12H2,1-2H3/t15-/m0/s1. The predicted octanol–water partition coefficient (Wildman–Crippen LogP) is 3.10. The van der Waals surface area contributed by atoms with Crippen LogP contribution in [0.15, 0.2) is 36.5 Å². The molecule has 2 aromatic rings. The van der Waals surface area contributed by atoms with Crippen LogP contribution in [-0.4, -0.2) is 25.3 Å². The van der Waals surface area contributed by atoms with Crippen molar-refractivity contribution in [3.63, 3.8) is 0 Å². The Labute approximate surface area is 136 Å². The molecular formula is C18H22N2O3. The molecule has 0 bridgehead atoms. The lowest BCUT2D eigenvalue weighted by Crippen LogP contribution is -2.21. The van der Waals surface area contributed by atoms with E-state index in [2.05, 4.69) is 29.4 Å². The Morgan fingerprint density at radius 2 is 2.00 bits per heavy atom. The Bertz CT molecular complexity index is 660. The van der Waals surface area contributed by atoms with E-state index >= 15 is 0 Å². The number of pyridine rings is 1. The number of nitrogens with one attached hydrogen (secondary N) is 1. The Hall–Kier alpha value is -2.27. The summed E-state index contributed by atoms with van der Waals surface area (Å²) in [4.78, 5) is 4.13. The number of fused-ring (bicyclic) bond motifs is 1. The number of hydrogen-bond acceptors (Lipinski definition) is 5. The molecule has 1 aliphatic rings. The van der Waals surface area contributed by atoms with Crippen molar-refractivity contribution in [3.05, 3.63) is 47.7 Å². The van der Waals surface area contributed by atoms with Crippen LogP contribution in [0.4, 0.5) is 0 Å². The van der Waals surface area contributed by atoms with E-state index in [1.54, 1.807) is 13.3 Å². The molecule has 0 unspecified atom stereocenters. The number of nitrogens with zero attached hydrogens (tertiary/aromatic N) is 1. The number of benzene rings is 1. The molecule has 5 heteroatoms. The fourth-order valence-electron chi connectivity index (χ4n) is 2.69. The van der Waals surface area contributed by atoms with Crippen LogP contribution < -0.4 is 19.5 Å². The maximum atomic E-state index is 5.67. The summed E-state index contributed by atoms with van der Waals surface area (Å²) in [7, 11) is 1.63. The zero-order valence-electron chi connectivity index (χ0n) is 13.5. The van der Waals surface area contributed by atoms with Crippen LogP contribution in [-0.2, 0) is 6.54 Å².